The topological polar surface area (TPSA) is 90.9 Å². The molecule has 0 saturated heterocycles. The van der Waals surface area contributed by atoms with Crippen molar-refractivity contribution in [2.75, 3.05) is 26.9 Å². The molecule has 0 radical (unpaired) electrons. The van der Waals surface area contributed by atoms with Crippen LogP contribution in [0.2, 0.25) is 0 Å². The van der Waals surface area contributed by atoms with Gasteiger partial charge in [0.25, 0.3) is 5.91 Å². The van der Waals surface area contributed by atoms with Crippen molar-refractivity contribution in [3.8, 4) is 17.3 Å². The van der Waals surface area contributed by atoms with Crippen LogP contribution in [0.4, 0.5) is 0 Å². The van der Waals surface area contributed by atoms with Crippen LogP contribution < -0.4 is 15.5 Å². The van der Waals surface area contributed by atoms with Gasteiger partial charge >= 0.3 is 0 Å². The van der Waals surface area contributed by atoms with Gasteiger partial charge in [-0.3, -0.25) is 9.59 Å². The predicted molar refractivity (Wildman–Crippen MR) is 95.2 cm³/mol. The first kappa shape index (κ1) is 17.8. The van der Waals surface area contributed by atoms with E-state index in [-0.39, 0.29) is 29.5 Å². The van der Waals surface area contributed by atoms with Crippen LogP contribution in [0.15, 0.2) is 56.3 Å². The van der Waals surface area contributed by atoms with Crippen LogP contribution in [0.5, 0.6) is 5.75 Å². The van der Waals surface area contributed by atoms with E-state index in [9.17, 15) is 9.59 Å². The largest absolute Gasteiger partial charge is 0.476 e. The van der Waals surface area contributed by atoms with Crippen LogP contribution in [-0.2, 0) is 9.53 Å². The van der Waals surface area contributed by atoms with E-state index in [1.54, 1.807) is 43.5 Å². The molecule has 7 heteroatoms. The van der Waals surface area contributed by atoms with Gasteiger partial charge in [0.15, 0.2) is 12.4 Å². The van der Waals surface area contributed by atoms with Crippen molar-refractivity contribution in [3.05, 3.63) is 52.9 Å². The third-order valence-corrected chi connectivity index (χ3v) is 3.70. The molecule has 0 spiro atoms. The highest BCUT2D eigenvalue weighted by Gasteiger charge is 2.20. The summed E-state index contributed by atoms with van der Waals surface area (Å²) in [6, 6.07) is 10.2. The maximum atomic E-state index is 12.8. The Balaban J connectivity index is 1.84. The number of ether oxygens (including phenoxy) is 2. The highest BCUT2D eigenvalue weighted by Crippen LogP contribution is 2.30. The summed E-state index contributed by atoms with van der Waals surface area (Å²) in [4.78, 5) is 24.7. The lowest BCUT2D eigenvalue weighted by molar-refractivity contribution is -0.123. The summed E-state index contributed by atoms with van der Waals surface area (Å²) in [7, 11) is 1.60. The van der Waals surface area contributed by atoms with Gasteiger partial charge in [-0.25, -0.2) is 0 Å². The number of amides is 1. The van der Waals surface area contributed by atoms with E-state index in [0.29, 0.717) is 36.3 Å². The van der Waals surface area contributed by atoms with E-state index in [0.717, 1.165) is 0 Å². The molecule has 0 fully saturated rings. The summed E-state index contributed by atoms with van der Waals surface area (Å²) < 4.78 is 21.6. The van der Waals surface area contributed by atoms with Crippen molar-refractivity contribution in [3.63, 3.8) is 0 Å². The fourth-order valence-electron chi connectivity index (χ4n) is 2.46. The number of hydrogen-bond donors (Lipinski definition) is 1. The Morgan fingerprint density at radius 2 is 2.04 bits per heavy atom. The summed E-state index contributed by atoms with van der Waals surface area (Å²) in [5, 5.41) is 3.07. The number of carbonyl (C=O) groups is 1. The van der Waals surface area contributed by atoms with Crippen molar-refractivity contribution < 1.29 is 23.1 Å². The molecule has 3 aromatic rings. The summed E-state index contributed by atoms with van der Waals surface area (Å²) >= 11 is 0. The van der Waals surface area contributed by atoms with Gasteiger partial charge in [-0.05, 0) is 30.7 Å². The molecule has 0 unspecified atom stereocenters. The van der Waals surface area contributed by atoms with Gasteiger partial charge in [-0.15, -0.1) is 0 Å². The SMILES string of the molecule is COCCCNC(=O)COc1c(-c2ccco2)oc2ccccc2c1=O. The number of hydrogen-bond acceptors (Lipinski definition) is 6. The zero-order valence-electron chi connectivity index (χ0n) is 14.3. The molecule has 0 atom stereocenters. The number of nitrogens with one attached hydrogen (secondary N) is 1. The highest BCUT2D eigenvalue weighted by molar-refractivity contribution is 5.82. The second kappa shape index (κ2) is 8.35. The maximum absolute atomic E-state index is 12.8. The Morgan fingerprint density at radius 1 is 1.19 bits per heavy atom. The third kappa shape index (κ3) is 3.94. The first-order chi connectivity index (χ1) is 12.7. The van der Waals surface area contributed by atoms with Crippen molar-refractivity contribution in [1.29, 1.82) is 0 Å². The molecular formula is C19H19NO6. The fourth-order valence-corrected chi connectivity index (χ4v) is 2.46. The maximum Gasteiger partial charge on any atom is 0.257 e. The second-order valence-corrected chi connectivity index (χ2v) is 5.55. The van der Waals surface area contributed by atoms with E-state index in [1.165, 1.54) is 6.26 Å². The minimum Gasteiger partial charge on any atom is -0.476 e. The smallest absolute Gasteiger partial charge is 0.257 e. The molecule has 0 aliphatic heterocycles. The zero-order chi connectivity index (χ0) is 18.4. The van der Waals surface area contributed by atoms with Gasteiger partial charge in [0.1, 0.15) is 5.58 Å². The minimum absolute atomic E-state index is 0.0503. The lowest BCUT2D eigenvalue weighted by Crippen LogP contribution is -2.31. The first-order valence-corrected chi connectivity index (χ1v) is 8.19. The van der Waals surface area contributed by atoms with Gasteiger partial charge < -0.3 is 23.6 Å². The molecule has 136 valence electrons. The number of benzene rings is 1. The van der Waals surface area contributed by atoms with Crippen LogP contribution in [0.3, 0.4) is 0 Å². The predicted octanol–water partition coefficient (Wildman–Crippen LogP) is 2.58. The molecule has 0 bridgehead atoms. The monoisotopic (exact) mass is 357 g/mol. The van der Waals surface area contributed by atoms with Gasteiger partial charge in [-0.2, -0.15) is 0 Å². The Morgan fingerprint density at radius 3 is 2.81 bits per heavy atom. The average molecular weight is 357 g/mol. The van der Waals surface area contributed by atoms with E-state index in [4.69, 9.17) is 18.3 Å². The molecule has 0 saturated carbocycles. The minimum atomic E-state index is -0.356. The van der Waals surface area contributed by atoms with E-state index < -0.39 is 0 Å². The Labute approximate surface area is 149 Å². The van der Waals surface area contributed by atoms with Crippen LogP contribution in [-0.4, -0.2) is 32.8 Å². The first-order valence-electron chi connectivity index (χ1n) is 8.19. The quantitative estimate of drug-likeness (QED) is 0.623. The van der Waals surface area contributed by atoms with Crippen molar-refractivity contribution in [1.82, 2.24) is 5.32 Å². The molecule has 0 aliphatic carbocycles. The van der Waals surface area contributed by atoms with E-state index in [1.807, 2.05) is 0 Å². The highest BCUT2D eigenvalue weighted by atomic mass is 16.5. The van der Waals surface area contributed by atoms with Crippen LogP contribution in [0.25, 0.3) is 22.5 Å². The summed E-state index contributed by atoms with van der Waals surface area (Å²) in [5.74, 6) is 0.124. The molecular weight excluding hydrogens is 338 g/mol. The molecule has 0 aliphatic rings. The molecule has 2 aromatic heterocycles. The van der Waals surface area contributed by atoms with Crippen LogP contribution in [0.1, 0.15) is 6.42 Å². The van der Waals surface area contributed by atoms with E-state index >= 15 is 0 Å². The van der Waals surface area contributed by atoms with Crippen molar-refractivity contribution in [2.24, 2.45) is 0 Å². The number of para-hydroxylation sites is 1. The zero-order valence-corrected chi connectivity index (χ0v) is 14.3. The lowest BCUT2D eigenvalue weighted by Gasteiger charge is -2.10. The van der Waals surface area contributed by atoms with Gasteiger partial charge in [0, 0.05) is 20.3 Å². The molecule has 7 nitrogen and oxygen atoms in total. The lowest BCUT2D eigenvalue weighted by atomic mass is 10.2. The molecule has 1 amide bonds. The van der Waals surface area contributed by atoms with E-state index in [2.05, 4.69) is 5.32 Å². The number of rotatable bonds is 8. The number of methoxy groups -OCH3 is 1. The van der Waals surface area contributed by atoms with Crippen LogP contribution >= 0.6 is 0 Å². The molecule has 2 heterocycles. The summed E-state index contributed by atoms with van der Waals surface area (Å²) in [6.07, 6.45) is 2.16. The number of furan rings is 1. The molecule has 1 aromatic carbocycles. The van der Waals surface area contributed by atoms with Gasteiger partial charge in [0.2, 0.25) is 16.9 Å². The second-order valence-electron chi connectivity index (χ2n) is 5.55. The standard InChI is InChI=1S/C19H19NO6/c1-23-10-5-9-20-16(21)12-25-19-17(22)13-6-2-3-7-14(13)26-18(19)15-8-4-11-24-15/h2-4,6-8,11H,5,9-10,12H2,1H3,(H,20,21). The molecule has 26 heavy (non-hydrogen) atoms. The van der Waals surface area contributed by atoms with Crippen molar-refractivity contribution >= 4 is 16.9 Å². The Hall–Kier alpha value is -3.06. The molecule has 3 rings (SSSR count). The third-order valence-electron chi connectivity index (χ3n) is 3.70. The van der Waals surface area contributed by atoms with Crippen LogP contribution in [0, 0.1) is 0 Å². The Kier molecular flexibility index (Phi) is 5.70. The summed E-state index contributed by atoms with van der Waals surface area (Å²) in [6.45, 7) is 0.717. The summed E-state index contributed by atoms with van der Waals surface area (Å²) in [5.41, 5.74) is 0.0608. The average Bonchev–Trinajstić information content (AvgIpc) is 3.19. The molecule has 1 N–H and O–H groups in total. The number of fused-ring (bicyclic) bond motifs is 1. The van der Waals surface area contributed by atoms with Crippen molar-refractivity contribution in [2.45, 2.75) is 6.42 Å². The fraction of sp³-hybridized carbons (Fsp3) is 0.263. The normalized spacial score (nSPS) is 10.8. The Bertz CT molecular complexity index is 929. The van der Waals surface area contributed by atoms with Gasteiger partial charge in [-0.1, -0.05) is 12.1 Å². The number of carbonyl (C=O) groups excluding carboxylic acids is 1. The van der Waals surface area contributed by atoms with Gasteiger partial charge in [0.05, 0.1) is 11.6 Å².